The van der Waals surface area contributed by atoms with Crippen molar-refractivity contribution in [3.05, 3.63) is 29.3 Å². The molecule has 0 radical (unpaired) electrons. The molecule has 2 rings (SSSR count). The summed E-state index contributed by atoms with van der Waals surface area (Å²) in [6.45, 7) is 5.68. The van der Waals surface area contributed by atoms with Crippen LogP contribution in [-0.2, 0) is 4.79 Å². The van der Waals surface area contributed by atoms with Crippen LogP contribution in [0.1, 0.15) is 29.8 Å². The van der Waals surface area contributed by atoms with Crippen LogP contribution >= 0.6 is 0 Å². The molecule has 1 aliphatic rings. The molecule has 0 spiro atoms. The second kappa shape index (κ2) is 4.20. The number of anilines is 1. The lowest BCUT2D eigenvalue weighted by molar-refractivity contribution is -0.118. The molecule has 0 fully saturated rings. The van der Waals surface area contributed by atoms with Crippen LogP contribution in [0.25, 0.3) is 0 Å². The Morgan fingerprint density at radius 2 is 1.94 bits per heavy atom. The average Bonchev–Trinajstić information content (AvgIpc) is 2.36. The summed E-state index contributed by atoms with van der Waals surface area (Å²) in [7, 11) is 0. The lowest BCUT2D eigenvalue weighted by Crippen LogP contribution is -2.44. The van der Waals surface area contributed by atoms with Gasteiger partial charge < -0.3 is 10.6 Å². The second-order valence-corrected chi connectivity index (χ2v) is 4.68. The highest BCUT2D eigenvalue weighted by Crippen LogP contribution is 2.23. The molecular weight excluding hydrogens is 216 g/mol. The van der Waals surface area contributed by atoms with E-state index in [1.807, 2.05) is 32.9 Å². The molecule has 0 bridgehead atoms. The van der Waals surface area contributed by atoms with Crippen LogP contribution in [-0.4, -0.2) is 17.9 Å². The maximum absolute atomic E-state index is 12.1. The SMILES string of the molecule is Cc1cccc2c1C(=O)N[C@@H](C(C)C)C(=O)N2. The molecule has 1 aromatic rings. The molecule has 4 nitrogen and oxygen atoms in total. The van der Waals surface area contributed by atoms with E-state index in [9.17, 15) is 9.59 Å². The van der Waals surface area contributed by atoms with Crippen LogP contribution in [0.3, 0.4) is 0 Å². The fraction of sp³-hybridized carbons (Fsp3) is 0.385. The zero-order valence-electron chi connectivity index (χ0n) is 10.2. The Hall–Kier alpha value is -1.84. The molecule has 1 heterocycles. The summed E-state index contributed by atoms with van der Waals surface area (Å²) < 4.78 is 0. The topological polar surface area (TPSA) is 58.2 Å². The van der Waals surface area contributed by atoms with Crippen LogP contribution < -0.4 is 10.6 Å². The zero-order chi connectivity index (χ0) is 12.6. The van der Waals surface area contributed by atoms with Crippen molar-refractivity contribution in [1.29, 1.82) is 0 Å². The van der Waals surface area contributed by atoms with Gasteiger partial charge in [0.2, 0.25) is 5.91 Å². The van der Waals surface area contributed by atoms with E-state index in [0.29, 0.717) is 11.3 Å². The number of hydrogen-bond acceptors (Lipinski definition) is 2. The Morgan fingerprint density at radius 3 is 2.59 bits per heavy atom. The van der Waals surface area contributed by atoms with Gasteiger partial charge >= 0.3 is 0 Å². The Balaban J connectivity index is 2.47. The van der Waals surface area contributed by atoms with Crippen LogP contribution in [0.2, 0.25) is 0 Å². The fourth-order valence-corrected chi connectivity index (χ4v) is 2.03. The minimum Gasteiger partial charge on any atom is -0.340 e. The van der Waals surface area contributed by atoms with Crippen molar-refractivity contribution < 1.29 is 9.59 Å². The summed E-state index contributed by atoms with van der Waals surface area (Å²) in [6, 6.07) is 4.97. The molecule has 0 unspecified atom stereocenters. The molecular formula is C13H16N2O2. The van der Waals surface area contributed by atoms with Crippen molar-refractivity contribution in [3.63, 3.8) is 0 Å². The van der Waals surface area contributed by atoms with Crippen LogP contribution in [0.15, 0.2) is 18.2 Å². The third-order valence-electron chi connectivity index (χ3n) is 2.99. The Kier molecular flexibility index (Phi) is 2.88. The van der Waals surface area contributed by atoms with Crippen LogP contribution in [0.5, 0.6) is 0 Å². The number of fused-ring (bicyclic) bond motifs is 1. The number of amides is 2. The van der Waals surface area contributed by atoms with Crippen LogP contribution in [0, 0.1) is 12.8 Å². The van der Waals surface area contributed by atoms with E-state index >= 15 is 0 Å². The van der Waals surface area contributed by atoms with Gasteiger partial charge in [-0.15, -0.1) is 0 Å². The first-order chi connectivity index (χ1) is 8.00. The van der Waals surface area contributed by atoms with E-state index in [-0.39, 0.29) is 17.7 Å². The third-order valence-corrected chi connectivity index (χ3v) is 2.99. The molecule has 0 aliphatic carbocycles. The van der Waals surface area contributed by atoms with Crippen molar-refractivity contribution in [3.8, 4) is 0 Å². The largest absolute Gasteiger partial charge is 0.340 e. The first-order valence-electron chi connectivity index (χ1n) is 5.72. The minimum absolute atomic E-state index is 0.0635. The van der Waals surface area contributed by atoms with Gasteiger partial charge in [-0.05, 0) is 24.5 Å². The Morgan fingerprint density at radius 1 is 1.24 bits per heavy atom. The number of aryl methyl sites for hydroxylation is 1. The standard InChI is InChI=1S/C13H16N2O2/c1-7(2)11-13(17)14-9-6-4-5-8(3)10(9)12(16)15-11/h4-7,11H,1-3H3,(H,14,17)(H,15,16)/t11-/m0/s1. The maximum atomic E-state index is 12.1. The van der Waals surface area contributed by atoms with Crippen molar-refractivity contribution >= 4 is 17.5 Å². The maximum Gasteiger partial charge on any atom is 0.254 e. The highest BCUT2D eigenvalue weighted by Gasteiger charge is 2.30. The van der Waals surface area contributed by atoms with Crippen molar-refractivity contribution in [2.75, 3.05) is 5.32 Å². The Labute approximate surface area is 100 Å². The number of hydrogen-bond donors (Lipinski definition) is 2. The number of nitrogens with one attached hydrogen (secondary N) is 2. The van der Waals surface area contributed by atoms with Gasteiger partial charge in [0.15, 0.2) is 0 Å². The molecule has 17 heavy (non-hydrogen) atoms. The second-order valence-electron chi connectivity index (χ2n) is 4.68. The summed E-state index contributed by atoms with van der Waals surface area (Å²) in [5.74, 6) is -0.276. The van der Waals surface area contributed by atoms with E-state index in [1.165, 1.54) is 0 Å². The highest BCUT2D eigenvalue weighted by molar-refractivity contribution is 6.10. The third kappa shape index (κ3) is 2.02. The molecule has 0 saturated carbocycles. The predicted octanol–water partition coefficient (Wildman–Crippen LogP) is 1.70. The summed E-state index contributed by atoms with van der Waals surface area (Å²) in [4.78, 5) is 24.0. The van der Waals surface area contributed by atoms with Gasteiger partial charge in [0.25, 0.3) is 5.91 Å². The van der Waals surface area contributed by atoms with Gasteiger partial charge in [-0.25, -0.2) is 0 Å². The summed E-state index contributed by atoms with van der Waals surface area (Å²) in [5.41, 5.74) is 2.02. The number of rotatable bonds is 1. The van der Waals surface area contributed by atoms with Gasteiger partial charge in [-0.1, -0.05) is 26.0 Å². The first-order valence-corrected chi connectivity index (χ1v) is 5.72. The summed E-state index contributed by atoms with van der Waals surface area (Å²) >= 11 is 0. The Bertz CT molecular complexity index is 480. The van der Waals surface area contributed by atoms with Crippen molar-refractivity contribution in [2.45, 2.75) is 26.8 Å². The molecule has 0 saturated heterocycles. The first kappa shape index (κ1) is 11.6. The monoisotopic (exact) mass is 232 g/mol. The lowest BCUT2D eigenvalue weighted by Gasteiger charge is -2.17. The summed E-state index contributed by atoms with van der Waals surface area (Å²) in [6.07, 6.45) is 0. The van der Waals surface area contributed by atoms with Crippen LogP contribution in [0.4, 0.5) is 5.69 Å². The summed E-state index contributed by atoms with van der Waals surface area (Å²) in [5, 5.41) is 5.58. The van der Waals surface area contributed by atoms with E-state index in [4.69, 9.17) is 0 Å². The zero-order valence-corrected chi connectivity index (χ0v) is 10.2. The van der Waals surface area contributed by atoms with Crippen molar-refractivity contribution in [1.82, 2.24) is 5.32 Å². The molecule has 2 amide bonds. The van der Waals surface area contributed by atoms with Gasteiger partial charge in [-0.3, -0.25) is 9.59 Å². The quantitative estimate of drug-likeness (QED) is 0.774. The lowest BCUT2D eigenvalue weighted by atomic mass is 10.0. The molecule has 90 valence electrons. The van der Waals surface area contributed by atoms with E-state index in [0.717, 1.165) is 5.56 Å². The minimum atomic E-state index is -0.478. The molecule has 1 aliphatic heterocycles. The number of carbonyl (C=O) groups excluding carboxylic acids is 2. The van der Waals surface area contributed by atoms with Gasteiger partial charge in [0.1, 0.15) is 6.04 Å². The molecule has 4 heteroatoms. The molecule has 0 aromatic heterocycles. The smallest absolute Gasteiger partial charge is 0.254 e. The number of benzene rings is 1. The number of carbonyl (C=O) groups is 2. The van der Waals surface area contributed by atoms with E-state index < -0.39 is 6.04 Å². The van der Waals surface area contributed by atoms with E-state index in [1.54, 1.807) is 6.07 Å². The van der Waals surface area contributed by atoms with Gasteiger partial charge in [0, 0.05) is 0 Å². The highest BCUT2D eigenvalue weighted by atomic mass is 16.2. The molecule has 2 N–H and O–H groups in total. The molecule has 1 aromatic carbocycles. The van der Waals surface area contributed by atoms with Crippen molar-refractivity contribution in [2.24, 2.45) is 5.92 Å². The fourth-order valence-electron chi connectivity index (χ4n) is 2.03. The van der Waals surface area contributed by atoms with Gasteiger partial charge in [0.05, 0.1) is 11.3 Å². The average molecular weight is 232 g/mol. The van der Waals surface area contributed by atoms with E-state index in [2.05, 4.69) is 10.6 Å². The normalized spacial score (nSPS) is 19.4. The predicted molar refractivity (Wildman–Crippen MR) is 65.9 cm³/mol. The molecule has 1 atom stereocenters. The van der Waals surface area contributed by atoms with Gasteiger partial charge in [-0.2, -0.15) is 0 Å².